The van der Waals surface area contributed by atoms with E-state index in [-0.39, 0.29) is 5.69 Å². The number of aromatic nitrogens is 2. The molecule has 0 saturated carbocycles. The minimum absolute atomic E-state index is 0.176. The molecule has 1 fully saturated rings. The lowest BCUT2D eigenvalue weighted by Gasteiger charge is -2.19. The minimum atomic E-state index is -0.176. The summed E-state index contributed by atoms with van der Waals surface area (Å²) in [5.41, 5.74) is -0.176. The van der Waals surface area contributed by atoms with Crippen LogP contribution in [0, 0.1) is 0 Å². The molecule has 2 rings (SSSR count). The maximum Gasteiger partial charge on any atom is 0.348 e. The van der Waals surface area contributed by atoms with Crippen molar-refractivity contribution in [2.45, 2.75) is 12.8 Å². The summed E-state index contributed by atoms with van der Waals surface area (Å²) in [5, 5.41) is 0. The topological polar surface area (TPSA) is 38.1 Å². The third-order valence-electron chi connectivity index (χ3n) is 2.47. The highest BCUT2D eigenvalue weighted by atomic mass is 16.1. The van der Waals surface area contributed by atoms with Crippen LogP contribution in [-0.2, 0) is 7.05 Å². The van der Waals surface area contributed by atoms with Gasteiger partial charge >= 0.3 is 5.69 Å². The van der Waals surface area contributed by atoms with Gasteiger partial charge < -0.3 is 4.90 Å². The monoisotopic (exact) mass is 179 g/mol. The Morgan fingerprint density at radius 3 is 2.77 bits per heavy atom. The van der Waals surface area contributed by atoms with Gasteiger partial charge in [0.1, 0.15) is 5.82 Å². The highest BCUT2D eigenvalue weighted by Crippen LogP contribution is 2.16. The second-order valence-electron chi connectivity index (χ2n) is 3.34. The minimum Gasteiger partial charge on any atom is -0.358 e. The summed E-state index contributed by atoms with van der Waals surface area (Å²) in [6, 6.07) is 1.90. The Morgan fingerprint density at radius 1 is 1.38 bits per heavy atom. The number of rotatable bonds is 1. The molecular weight excluding hydrogens is 166 g/mol. The van der Waals surface area contributed by atoms with Gasteiger partial charge in [-0.15, -0.1) is 0 Å². The molecule has 0 unspecified atom stereocenters. The standard InChI is InChI=1S/C9H13N3O/c1-11-8(4-5-10-9(11)13)12-6-2-3-7-12/h4-5H,2-3,6-7H2,1H3. The highest BCUT2D eigenvalue weighted by molar-refractivity contribution is 5.38. The van der Waals surface area contributed by atoms with Gasteiger partial charge in [-0.2, -0.15) is 0 Å². The van der Waals surface area contributed by atoms with Crippen molar-refractivity contribution in [2.75, 3.05) is 18.0 Å². The Balaban J connectivity index is 2.39. The summed E-state index contributed by atoms with van der Waals surface area (Å²) in [6.45, 7) is 2.11. The van der Waals surface area contributed by atoms with E-state index >= 15 is 0 Å². The molecule has 0 N–H and O–H groups in total. The van der Waals surface area contributed by atoms with E-state index in [0.29, 0.717) is 0 Å². The Hall–Kier alpha value is -1.32. The van der Waals surface area contributed by atoms with Crippen LogP contribution in [0.3, 0.4) is 0 Å². The first kappa shape index (κ1) is 8.29. The third kappa shape index (κ3) is 1.43. The van der Waals surface area contributed by atoms with Crippen LogP contribution in [0.4, 0.5) is 5.82 Å². The van der Waals surface area contributed by atoms with Crippen LogP contribution in [-0.4, -0.2) is 22.6 Å². The summed E-state index contributed by atoms with van der Waals surface area (Å²) in [6.07, 6.45) is 4.02. The molecule has 1 saturated heterocycles. The number of hydrogen-bond acceptors (Lipinski definition) is 3. The fraction of sp³-hybridized carbons (Fsp3) is 0.556. The van der Waals surface area contributed by atoms with Crippen LogP contribution in [0.15, 0.2) is 17.1 Å². The van der Waals surface area contributed by atoms with Crippen LogP contribution < -0.4 is 10.6 Å². The molecule has 0 aromatic carbocycles. The van der Waals surface area contributed by atoms with Crippen LogP contribution in [0.1, 0.15) is 12.8 Å². The Bertz CT molecular complexity index is 352. The van der Waals surface area contributed by atoms with Gasteiger partial charge in [-0.1, -0.05) is 0 Å². The molecule has 1 aliphatic rings. The lowest BCUT2D eigenvalue weighted by atomic mass is 10.4. The van der Waals surface area contributed by atoms with Crippen molar-refractivity contribution in [1.29, 1.82) is 0 Å². The fourth-order valence-electron chi connectivity index (χ4n) is 1.73. The number of anilines is 1. The molecule has 13 heavy (non-hydrogen) atoms. The largest absolute Gasteiger partial charge is 0.358 e. The second kappa shape index (κ2) is 3.20. The number of nitrogens with zero attached hydrogens (tertiary/aromatic N) is 3. The van der Waals surface area contributed by atoms with Crippen molar-refractivity contribution >= 4 is 5.82 Å². The van der Waals surface area contributed by atoms with Crippen molar-refractivity contribution in [3.05, 3.63) is 22.7 Å². The Morgan fingerprint density at radius 2 is 2.08 bits per heavy atom. The predicted octanol–water partition coefficient (Wildman–Crippen LogP) is 0.381. The van der Waals surface area contributed by atoms with Gasteiger partial charge in [0.2, 0.25) is 0 Å². The lowest BCUT2D eigenvalue weighted by Crippen LogP contribution is -2.28. The van der Waals surface area contributed by atoms with E-state index in [1.807, 2.05) is 6.07 Å². The van der Waals surface area contributed by atoms with Gasteiger partial charge in [0, 0.05) is 26.3 Å². The van der Waals surface area contributed by atoms with Gasteiger partial charge in [0.05, 0.1) is 0 Å². The first-order chi connectivity index (χ1) is 6.29. The fourth-order valence-corrected chi connectivity index (χ4v) is 1.73. The smallest absolute Gasteiger partial charge is 0.348 e. The zero-order valence-electron chi connectivity index (χ0n) is 7.73. The molecule has 70 valence electrons. The second-order valence-corrected chi connectivity index (χ2v) is 3.34. The highest BCUT2D eigenvalue weighted by Gasteiger charge is 2.14. The number of hydrogen-bond donors (Lipinski definition) is 0. The predicted molar refractivity (Wildman–Crippen MR) is 50.9 cm³/mol. The molecule has 0 aliphatic carbocycles. The zero-order chi connectivity index (χ0) is 9.26. The zero-order valence-corrected chi connectivity index (χ0v) is 7.73. The van der Waals surface area contributed by atoms with Gasteiger partial charge in [-0.05, 0) is 18.9 Å². The average molecular weight is 179 g/mol. The van der Waals surface area contributed by atoms with E-state index in [2.05, 4.69) is 9.88 Å². The maximum atomic E-state index is 11.2. The van der Waals surface area contributed by atoms with E-state index in [4.69, 9.17) is 0 Å². The van der Waals surface area contributed by atoms with Crippen molar-refractivity contribution in [2.24, 2.45) is 7.05 Å². The van der Waals surface area contributed by atoms with Crippen molar-refractivity contribution in [1.82, 2.24) is 9.55 Å². The van der Waals surface area contributed by atoms with E-state index in [9.17, 15) is 4.79 Å². The van der Waals surface area contributed by atoms with Gasteiger partial charge in [-0.25, -0.2) is 9.78 Å². The lowest BCUT2D eigenvalue weighted by molar-refractivity contribution is 0.768. The average Bonchev–Trinajstić information content (AvgIpc) is 2.62. The van der Waals surface area contributed by atoms with Crippen LogP contribution in [0.2, 0.25) is 0 Å². The Kier molecular flexibility index (Phi) is 2.04. The van der Waals surface area contributed by atoms with Crippen molar-refractivity contribution < 1.29 is 0 Å². The molecule has 2 heterocycles. The summed E-state index contributed by atoms with van der Waals surface area (Å²) in [4.78, 5) is 17.1. The summed E-state index contributed by atoms with van der Waals surface area (Å²) >= 11 is 0. The van der Waals surface area contributed by atoms with E-state index < -0.39 is 0 Å². The van der Waals surface area contributed by atoms with Crippen LogP contribution >= 0.6 is 0 Å². The SMILES string of the molecule is Cn1c(N2CCCC2)ccnc1=O. The third-order valence-corrected chi connectivity index (χ3v) is 2.47. The quantitative estimate of drug-likeness (QED) is 0.625. The van der Waals surface area contributed by atoms with E-state index in [0.717, 1.165) is 18.9 Å². The molecular formula is C9H13N3O. The molecule has 0 radical (unpaired) electrons. The molecule has 4 nitrogen and oxygen atoms in total. The van der Waals surface area contributed by atoms with Gasteiger partial charge in [0.25, 0.3) is 0 Å². The molecule has 0 spiro atoms. The first-order valence-corrected chi connectivity index (χ1v) is 4.56. The normalized spacial score (nSPS) is 16.5. The van der Waals surface area contributed by atoms with E-state index in [1.54, 1.807) is 17.8 Å². The van der Waals surface area contributed by atoms with Gasteiger partial charge in [0.15, 0.2) is 0 Å². The first-order valence-electron chi connectivity index (χ1n) is 4.56. The molecule has 0 bridgehead atoms. The summed E-state index contributed by atoms with van der Waals surface area (Å²) in [7, 11) is 1.77. The molecule has 0 amide bonds. The van der Waals surface area contributed by atoms with Crippen molar-refractivity contribution in [3.8, 4) is 0 Å². The van der Waals surface area contributed by atoms with Crippen LogP contribution in [0.25, 0.3) is 0 Å². The summed E-state index contributed by atoms with van der Waals surface area (Å²) < 4.78 is 1.60. The molecule has 4 heteroatoms. The van der Waals surface area contributed by atoms with Crippen LogP contribution in [0.5, 0.6) is 0 Å². The molecule has 1 aromatic heterocycles. The summed E-state index contributed by atoms with van der Waals surface area (Å²) in [5.74, 6) is 0.984. The molecule has 1 aliphatic heterocycles. The molecule has 1 aromatic rings. The van der Waals surface area contributed by atoms with Gasteiger partial charge in [-0.3, -0.25) is 4.57 Å². The molecule has 0 atom stereocenters. The van der Waals surface area contributed by atoms with E-state index in [1.165, 1.54) is 12.8 Å². The Labute approximate surface area is 76.8 Å². The maximum absolute atomic E-state index is 11.2. The van der Waals surface area contributed by atoms with Crippen molar-refractivity contribution in [3.63, 3.8) is 0 Å².